The molecule has 0 saturated carbocycles. The SMILES string of the molecule is Clc1nc(Nc2ccccc2)c2c3c(sc2n1)CCC3. The van der Waals surface area contributed by atoms with Crippen molar-refractivity contribution in [2.24, 2.45) is 0 Å². The van der Waals surface area contributed by atoms with Crippen LogP contribution in [0.2, 0.25) is 5.28 Å². The van der Waals surface area contributed by atoms with Gasteiger partial charge < -0.3 is 5.32 Å². The first kappa shape index (κ1) is 12.1. The van der Waals surface area contributed by atoms with Crippen LogP contribution in [0.1, 0.15) is 16.9 Å². The summed E-state index contributed by atoms with van der Waals surface area (Å²) < 4.78 is 0. The van der Waals surface area contributed by atoms with Crippen LogP contribution in [-0.4, -0.2) is 9.97 Å². The molecule has 0 atom stereocenters. The second-order valence-corrected chi connectivity index (χ2v) is 6.29. The summed E-state index contributed by atoms with van der Waals surface area (Å²) in [6, 6.07) is 10.0. The number of nitrogens with one attached hydrogen (secondary N) is 1. The molecule has 0 aliphatic heterocycles. The Labute approximate surface area is 125 Å². The van der Waals surface area contributed by atoms with Crippen LogP contribution in [0.5, 0.6) is 0 Å². The van der Waals surface area contributed by atoms with Crippen molar-refractivity contribution in [2.45, 2.75) is 19.3 Å². The highest BCUT2D eigenvalue weighted by Gasteiger charge is 2.22. The second kappa shape index (κ2) is 4.72. The van der Waals surface area contributed by atoms with Crippen molar-refractivity contribution < 1.29 is 0 Å². The molecule has 0 amide bonds. The van der Waals surface area contributed by atoms with Gasteiger partial charge in [-0.05, 0) is 48.6 Å². The lowest BCUT2D eigenvalue weighted by Crippen LogP contribution is -1.97. The molecular weight excluding hydrogens is 290 g/mol. The van der Waals surface area contributed by atoms with E-state index in [2.05, 4.69) is 15.3 Å². The Morgan fingerprint density at radius 2 is 1.95 bits per heavy atom. The lowest BCUT2D eigenvalue weighted by atomic mass is 10.2. The molecule has 1 aliphatic rings. The highest BCUT2D eigenvalue weighted by Crippen LogP contribution is 2.40. The van der Waals surface area contributed by atoms with E-state index in [0.717, 1.165) is 34.6 Å². The number of halogens is 1. The predicted molar refractivity (Wildman–Crippen MR) is 84.2 cm³/mol. The Morgan fingerprint density at radius 1 is 1.10 bits per heavy atom. The van der Waals surface area contributed by atoms with E-state index in [0.29, 0.717) is 5.28 Å². The van der Waals surface area contributed by atoms with Gasteiger partial charge in [-0.15, -0.1) is 11.3 Å². The van der Waals surface area contributed by atoms with E-state index >= 15 is 0 Å². The highest BCUT2D eigenvalue weighted by molar-refractivity contribution is 7.19. The minimum Gasteiger partial charge on any atom is -0.340 e. The molecule has 2 aromatic heterocycles. The first-order valence-corrected chi connectivity index (χ1v) is 7.80. The van der Waals surface area contributed by atoms with Gasteiger partial charge in [-0.2, -0.15) is 4.98 Å². The fourth-order valence-corrected chi connectivity index (χ4v) is 4.20. The number of aryl methyl sites for hydroxylation is 2. The van der Waals surface area contributed by atoms with E-state index in [-0.39, 0.29) is 0 Å². The van der Waals surface area contributed by atoms with Gasteiger partial charge in [0.25, 0.3) is 0 Å². The number of hydrogen-bond acceptors (Lipinski definition) is 4. The van der Waals surface area contributed by atoms with Gasteiger partial charge in [0.1, 0.15) is 10.6 Å². The topological polar surface area (TPSA) is 37.8 Å². The number of nitrogens with zero attached hydrogens (tertiary/aromatic N) is 2. The maximum absolute atomic E-state index is 6.06. The average Bonchev–Trinajstić information content (AvgIpc) is 2.99. The van der Waals surface area contributed by atoms with Crippen molar-refractivity contribution in [1.82, 2.24) is 9.97 Å². The van der Waals surface area contributed by atoms with E-state index in [1.807, 2.05) is 30.3 Å². The van der Waals surface area contributed by atoms with E-state index in [4.69, 9.17) is 11.6 Å². The molecule has 0 bridgehead atoms. The molecule has 0 fully saturated rings. The second-order valence-electron chi connectivity index (χ2n) is 4.87. The molecular formula is C15H12ClN3S. The zero-order valence-corrected chi connectivity index (χ0v) is 12.3. The number of rotatable bonds is 2. The molecule has 1 aliphatic carbocycles. The molecule has 2 heterocycles. The third-order valence-electron chi connectivity index (χ3n) is 3.57. The van der Waals surface area contributed by atoms with Gasteiger partial charge in [-0.25, -0.2) is 4.98 Å². The van der Waals surface area contributed by atoms with Crippen LogP contribution >= 0.6 is 22.9 Å². The number of hydrogen-bond donors (Lipinski definition) is 1. The summed E-state index contributed by atoms with van der Waals surface area (Å²) in [6.45, 7) is 0. The summed E-state index contributed by atoms with van der Waals surface area (Å²) in [5.74, 6) is 0.825. The molecule has 5 heteroatoms. The van der Waals surface area contributed by atoms with E-state index < -0.39 is 0 Å². The monoisotopic (exact) mass is 301 g/mol. The summed E-state index contributed by atoms with van der Waals surface area (Å²) in [4.78, 5) is 11.2. The van der Waals surface area contributed by atoms with Gasteiger partial charge in [-0.1, -0.05) is 18.2 Å². The van der Waals surface area contributed by atoms with Crippen LogP contribution in [-0.2, 0) is 12.8 Å². The summed E-state index contributed by atoms with van der Waals surface area (Å²) in [6.07, 6.45) is 3.49. The predicted octanol–water partition coefficient (Wildman–Crippen LogP) is 4.58. The van der Waals surface area contributed by atoms with Crippen LogP contribution in [0.4, 0.5) is 11.5 Å². The molecule has 0 saturated heterocycles. The summed E-state index contributed by atoms with van der Waals surface area (Å²) in [5, 5.41) is 4.83. The standard InChI is InChI=1S/C15H12ClN3S/c16-15-18-13(17-9-5-2-1-3-6-9)12-10-7-4-8-11(10)20-14(12)19-15/h1-3,5-6H,4,7-8H2,(H,17,18,19). The number of fused-ring (bicyclic) bond motifs is 3. The highest BCUT2D eigenvalue weighted by atomic mass is 35.5. The van der Waals surface area contributed by atoms with Gasteiger partial charge in [0.15, 0.2) is 0 Å². The molecule has 3 aromatic rings. The Bertz CT molecular complexity index is 783. The molecule has 0 radical (unpaired) electrons. The molecule has 3 nitrogen and oxygen atoms in total. The lowest BCUT2D eigenvalue weighted by molar-refractivity contribution is 0.917. The third-order valence-corrected chi connectivity index (χ3v) is 4.93. The quantitative estimate of drug-likeness (QED) is 0.704. The minimum atomic E-state index is 0.302. The van der Waals surface area contributed by atoms with Crippen LogP contribution in [0.25, 0.3) is 10.2 Å². The zero-order valence-electron chi connectivity index (χ0n) is 10.7. The summed E-state index contributed by atoms with van der Waals surface area (Å²) in [5.41, 5.74) is 2.42. The van der Waals surface area contributed by atoms with Crippen molar-refractivity contribution in [2.75, 3.05) is 5.32 Å². The number of thiophene rings is 1. The molecule has 0 spiro atoms. The van der Waals surface area contributed by atoms with Gasteiger partial charge in [-0.3, -0.25) is 0 Å². The molecule has 100 valence electrons. The fraction of sp³-hybridized carbons (Fsp3) is 0.200. The number of anilines is 2. The third kappa shape index (κ3) is 1.96. The summed E-state index contributed by atoms with van der Waals surface area (Å²) in [7, 11) is 0. The zero-order chi connectivity index (χ0) is 13.5. The van der Waals surface area contributed by atoms with Crippen LogP contribution in [0.15, 0.2) is 30.3 Å². The van der Waals surface area contributed by atoms with Crippen molar-refractivity contribution in [1.29, 1.82) is 0 Å². The van der Waals surface area contributed by atoms with Gasteiger partial charge in [0.05, 0.1) is 5.39 Å². The maximum Gasteiger partial charge on any atom is 0.225 e. The average molecular weight is 302 g/mol. The Morgan fingerprint density at radius 3 is 2.80 bits per heavy atom. The van der Waals surface area contributed by atoms with E-state index in [1.54, 1.807) is 11.3 Å². The largest absolute Gasteiger partial charge is 0.340 e. The first-order valence-electron chi connectivity index (χ1n) is 6.61. The van der Waals surface area contributed by atoms with Crippen LogP contribution in [0, 0.1) is 0 Å². The van der Waals surface area contributed by atoms with Crippen LogP contribution in [0.3, 0.4) is 0 Å². The van der Waals surface area contributed by atoms with Gasteiger partial charge in [0, 0.05) is 10.6 Å². The van der Waals surface area contributed by atoms with Crippen molar-refractivity contribution in [3.63, 3.8) is 0 Å². The lowest BCUT2D eigenvalue weighted by Gasteiger charge is -2.08. The molecule has 0 unspecified atom stereocenters. The Balaban J connectivity index is 1.89. The fourth-order valence-electron chi connectivity index (χ4n) is 2.72. The van der Waals surface area contributed by atoms with Crippen LogP contribution < -0.4 is 5.32 Å². The Hall–Kier alpha value is -1.65. The normalized spacial score (nSPS) is 13.7. The smallest absolute Gasteiger partial charge is 0.225 e. The van der Waals surface area contributed by atoms with Crippen molar-refractivity contribution in [3.8, 4) is 0 Å². The first-order chi connectivity index (χ1) is 9.81. The Kier molecular flexibility index (Phi) is 2.86. The van der Waals surface area contributed by atoms with Gasteiger partial charge in [0.2, 0.25) is 5.28 Å². The van der Waals surface area contributed by atoms with Gasteiger partial charge >= 0.3 is 0 Å². The molecule has 1 N–H and O–H groups in total. The molecule has 1 aromatic carbocycles. The molecule has 4 rings (SSSR count). The minimum absolute atomic E-state index is 0.302. The number of benzene rings is 1. The summed E-state index contributed by atoms with van der Waals surface area (Å²) >= 11 is 7.81. The van der Waals surface area contributed by atoms with Crippen molar-refractivity contribution >= 4 is 44.7 Å². The number of aromatic nitrogens is 2. The number of para-hydroxylation sites is 1. The maximum atomic E-state index is 6.06. The van der Waals surface area contributed by atoms with E-state index in [1.165, 1.54) is 16.9 Å². The van der Waals surface area contributed by atoms with E-state index in [9.17, 15) is 0 Å². The molecule has 20 heavy (non-hydrogen) atoms. The van der Waals surface area contributed by atoms with Crippen molar-refractivity contribution in [3.05, 3.63) is 46.1 Å².